The standard InChI is InChI=1S/C24H27N5O4/c1-29-14-18(13-27-29)17-11-19(22(25)26-12-17)23(30)28-20-7-8-24(32-9-10-33-24)21(20)31-15-16-5-3-2-4-6-16/h2-6,11-14,20-21H,7-10,15H2,1H3,(H2,25,26)(H,28,30)/t20-,21+/m0/s1. The number of ether oxygens (including phenoxy) is 3. The highest BCUT2D eigenvalue weighted by molar-refractivity contribution is 5.99. The van der Waals surface area contributed by atoms with Crippen molar-refractivity contribution in [3.8, 4) is 11.1 Å². The molecule has 1 aliphatic heterocycles. The number of nitrogens with one attached hydrogen (secondary N) is 1. The number of nitrogens with zero attached hydrogens (tertiary/aromatic N) is 3. The molecule has 2 fully saturated rings. The Kier molecular flexibility index (Phi) is 5.84. The van der Waals surface area contributed by atoms with Crippen molar-refractivity contribution in [2.24, 2.45) is 7.05 Å². The summed E-state index contributed by atoms with van der Waals surface area (Å²) in [7, 11) is 1.83. The molecule has 1 aromatic carbocycles. The highest BCUT2D eigenvalue weighted by Gasteiger charge is 2.54. The van der Waals surface area contributed by atoms with Crippen molar-refractivity contribution in [1.82, 2.24) is 20.1 Å². The summed E-state index contributed by atoms with van der Waals surface area (Å²) in [6, 6.07) is 11.4. The minimum Gasteiger partial charge on any atom is -0.383 e. The van der Waals surface area contributed by atoms with Crippen molar-refractivity contribution in [1.29, 1.82) is 0 Å². The molecule has 172 valence electrons. The number of benzene rings is 1. The molecule has 33 heavy (non-hydrogen) atoms. The number of anilines is 1. The summed E-state index contributed by atoms with van der Waals surface area (Å²) in [6.07, 6.45) is 6.08. The van der Waals surface area contributed by atoms with Gasteiger partial charge in [-0.15, -0.1) is 0 Å². The van der Waals surface area contributed by atoms with Crippen LogP contribution >= 0.6 is 0 Å². The Bertz CT molecular complexity index is 1130. The SMILES string of the molecule is Cn1cc(-c2cnc(N)c(C(=O)N[C@H]3CCC4(OCCO4)[C@@H]3OCc3ccccc3)c2)cn1. The summed E-state index contributed by atoms with van der Waals surface area (Å²) in [5.41, 5.74) is 9.04. The summed E-state index contributed by atoms with van der Waals surface area (Å²) in [6.45, 7) is 1.41. The lowest BCUT2D eigenvalue weighted by molar-refractivity contribution is -0.224. The van der Waals surface area contributed by atoms with Crippen LogP contribution in [0.5, 0.6) is 0 Å². The zero-order valence-corrected chi connectivity index (χ0v) is 18.4. The van der Waals surface area contributed by atoms with Gasteiger partial charge >= 0.3 is 0 Å². The molecule has 2 aliphatic rings. The largest absolute Gasteiger partial charge is 0.383 e. The molecular formula is C24H27N5O4. The quantitative estimate of drug-likeness (QED) is 0.593. The average Bonchev–Trinajstić information content (AvgIpc) is 3.55. The molecule has 3 N–H and O–H groups in total. The van der Waals surface area contributed by atoms with Crippen molar-refractivity contribution < 1.29 is 19.0 Å². The Balaban J connectivity index is 1.35. The van der Waals surface area contributed by atoms with Crippen LogP contribution < -0.4 is 11.1 Å². The van der Waals surface area contributed by atoms with Crippen molar-refractivity contribution in [2.75, 3.05) is 18.9 Å². The maximum atomic E-state index is 13.2. The van der Waals surface area contributed by atoms with Gasteiger partial charge in [0.2, 0.25) is 0 Å². The van der Waals surface area contributed by atoms with Gasteiger partial charge in [0.1, 0.15) is 11.9 Å². The van der Waals surface area contributed by atoms with Gasteiger partial charge in [0.25, 0.3) is 5.91 Å². The number of carbonyl (C=O) groups is 1. The number of rotatable bonds is 6. The van der Waals surface area contributed by atoms with E-state index in [0.29, 0.717) is 38.2 Å². The number of nitrogen functional groups attached to an aromatic ring is 1. The van der Waals surface area contributed by atoms with Gasteiger partial charge in [-0.3, -0.25) is 9.48 Å². The molecule has 0 bridgehead atoms. The van der Waals surface area contributed by atoms with Crippen LogP contribution in [0.2, 0.25) is 0 Å². The van der Waals surface area contributed by atoms with Crippen LogP contribution in [0, 0.1) is 0 Å². The van der Waals surface area contributed by atoms with E-state index >= 15 is 0 Å². The van der Waals surface area contributed by atoms with Gasteiger partial charge < -0.3 is 25.3 Å². The molecular weight excluding hydrogens is 422 g/mol. The fourth-order valence-electron chi connectivity index (χ4n) is 4.52. The zero-order valence-electron chi connectivity index (χ0n) is 18.4. The number of nitrogens with two attached hydrogens (primary N) is 1. The van der Waals surface area contributed by atoms with E-state index < -0.39 is 11.9 Å². The highest BCUT2D eigenvalue weighted by Crippen LogP contribution is 2.40. The number of hydrogen-bond acceptors (Lipinski definition) is 7. The first-order valence-corrected chi connectivity index (χ1v) is 11.0. The van der Waals surface area contributed by atoms with Gasteiger partial charge in [0, 0.05) is 37.0 Å². The molecule has 0 unspecified atom stereocenters. The van der Waals surface area contributed by atoms with Crippen LogP contribution in [0.3, 0.4) is 0 Å². The van der Waals surface area contributed by atoms with Crippen molar-refractivity contribution in [2.45, 2.75) is 37.4 Å². The van der Waals surface area contributed by atoms with Gasteiger partial charge in [0.15, 0.2) is 5.79 Å². The molecule has 9 nitrogen and oxygen atoms in total. The molecule has 3 heterocycles. The number of amides is 1. The fourth-order valence-corrected chi connectivity index (χ4v) is 4.52. The maximum absolute atomic E-state index is 13.2. The van der Waals surface area contributed by atoms with Crippen LogP contribution in [0.25, 0.3) is 11.1 Å². The third-order valence-corrected chi connectivity index (χ3v) is 6.17. The van der Waals surface area contributed by atoms with E-state index in [0.717, 1.165) is 16.7 Å². The second-order valence-corrected chi connectivity index (χ2v) is 8.40. The predicted octanol–water partition coefficient (Wildman–Crippen LogP) is 2.29. The van der Waals surface area contributed by atoms with Crippen LogP contribution in [0.4, 0.5) is 5.82 Å². The lowest BCUT2D eigenvalue weighted by Gasteiger charge is -2.32. The summed E-state index contributed by atoms with van der Waals surface area (Å²) < 4.78 is 19.9. The number of pyridine rings is 1. The van der Waals surface area contributed by atoms with E-state index in [-0.39, 0.29) is 17.8 Å². The number of aromatic nitrogens is 3. The second-order valence-electron chi connectivity index (χ2n) is 8.40. The van der Waals surface area contributed by atoms with Crippen LogP contribution in [-0.2, 0) is 27.9 Å². The monoisotopic (exact) mass is 449 g/mol. The second kappa shape index (κ2) is 8.93. The number of carbonyl (C=O) groups excluding carboxylic acids is 1. The predicted molar refractivity (Wildman–Crippen MR) is 121 cm³/mol. The minimum atomic E-state index is -0.839. The summed E-state index contributed by atoms with van der Waals surface area (Å²) in [5, 5.41) is 7.27. The van der Waals surface area contributed by atoms with E-state index in [1.54, 1.807) is 23.1 Å². The molecule has 1 aliphatic carbocycles. The van der Waals surface area contributed by atoms with E-state index in [2.05, 4.69) is 15.4 Å². The van der Waals surface area contributed by atoms with Crippen molar-refractivity contribution in [3.63, 3.8) is 0 Å². The summed E-state index contributed by atoms with van der Waals surface area (Å²) in [5.74, 6) is -0.976. The van der Waals surface area contributed by atoms with Gasteiger partial charge in [-0.05, 0) is 18.1 Å². The van der Waals surface area contributed by atoms with Crippen LogP contribution in [-0.4, -0.2) is 51.8 Å². The van der Waals surface area contributed by atoms with E-state index in [1.165, 1.54) is 0 Å². The number of aryl methyl sites for hydroxylation is 1. The van der Waals surface area contributed by atoms with E-state index in [9.17, 15) is 4.79 Å². The topological polar surface area (TPSA) is 114 Å². The average molecular weight is 450 g/mol. The Morgan fingerprint density at radius 2 is 2.03 bits per heavy atom. The maximum Gasteiger partial charge on any atom is 0.255 e. The van der Waals surface area contributed by atoms with Gasteiger partial charge in [-0.25, -0.2) is 4.98 Å². The molecule has 2 atom stereocenters. The first-order valence-electron chi connectivity index (χ1n) is 11.0. The number of hydrogen-bond donors (Lipinski definition) is 2. The molecule has 1 amide bonds. The molecule has 1 saturated carbocycles. The van der Waals surface area contributed by atoms with E-state index in [1.807, 2.05) is 43.6 Å². The van der Waals surface area contributed by atoms with Crippen LogP contribution in [0.1, 0.15) is 28.8 Å². The van der Waals surface area contributed by atoms with Crippen molar-refractivity contribution in [3.05, 3.63) is 66.1 Å². The smallest absolute Gasteiger partial charge is 0.255 e. The molecule has 0 radical (unpaired) electrons. The lowest BCUT2D eigenvalue weighted by Crippen LogP contribution is -2.50. The Morgan fingerprint density at radius 3 is 2.76 bits per heavy atom. The fraction of sp³-hybridized carbons (Fsp3) is 0.375. The normalized spacial score (nSPS) is 21.5. The van der Waals surface area contributed by atoms with Gasteiger partial charge in [0.05, 0.1) is 37.6 Å². The Morgan fingerprint density at radius 1 is 1.24 bits per heavy atom. The molecule has 1 saturated heterocycles. The van der Waals surface area contributed by atoms with E-state index in [4.69, 9.17) is 19.9 Å². The Hall–Kier alpha value is -3.27. The van der Waals surface area contributed by atoms with Gasteiger partial charge in [-0.1, -0.05) is 30.3 Å². The third kappa shape index (κ3) is 4.35. The third-order valence-electron chi connectivity index (χ3n) is 6.17. The Labute approximate surface area is 191 Å². The highest BCUT2D eigenvalue weighted by atomic mass is 16.8. The molecule has 9 heteroatoms. The molecule has 1 spiro atoms. The minimum absolute atomic E-state index is 0.169. The molecule has 5 rings (SSSR count). The van der Waals surface area contributed by atoms with Crippen LogP contribution in [0.15, 0.2) is 55.0 Å². The zero-order chi connectivity index (χ0) is 22.8. The summed E-state index contributed by atoms with van der Waals surface area (Å²) >= 11 is 0. The molecule has 3 aromatic rings. The van der Waals surface area contributed by atoms with Crippen molar-refractivity contribution >= 4 is 11.7 Å². The summed E-state index contributed by atoms with van der Waals surface area (Å²) in [4.78, 5) is 17.5. The first-order chi connectivity index (χ1) is 16.0. The lowest BCUT2D eigenvalue weighted by atomic mass is 10.1. The first kappa shape index (κ1) is 21.6. The molecule has 2 aromatic heterocycles. The van der Waals surface area contributed by atoms with Gasteiger partial charge in [-0.2, -0.15) is 5.10 Å².